The highest BCUT2D eigenvalue weighted by Gasteiger charge is 2.05. The summed E-state index contributed by atoms with van der Waals surface area (Å²) in [5.74, 6) is -0.695. The summed E-state index contributed by atoms with van der Waals surface area (Å²) in [5.41, 5.74) is 0.746. The van der Waals surface area contributed by atoms with E-state index in [9.17, 15) is 9.59 Å². The van der Waals surface area contributed by atoms with Gasteiger partial charge in [-0.25, -0.2) is 4.79 Å². The van der Waals surface area contributed by atoms with Crippen LogP contribution < -0.4 is 4.74 Å². The van der Waals surface area contributed by atoms with Gasteiger partial charge in [-0.15, -0.1) is 0 Å². The average molecular weight is 288 g/mol. The Bertz CT molecular complexity index is 663. The van der Waals surface area contributed by atoms with Crippen molar-refractivity contribution in [3.05, 3.63) is 42.0 Å². The zero-order valence-corrected chi connectivity index (χ0v) is 11.7. The van der Waals surface area contributed by atoms with Crippen LogP contribution in [0.4, 0.5) is 0 Å². The Morgan fingerprint density at radius 3 is 2.52 bits per heavy atom. The molecule has 0 amide bonds. The van der Waals surface area contributed by atoms with Crippen molar-refractivity contribution in [3.63, 3.8) is 0 Å². The van der Waals surface area contributed by atoms with Crippen LogP contribution >= 0.6 is 0 Å². The molecule has 0 fully saturated rings. The summed E-state index contributed by atoms with van der Waals surface area (Å²) in [6.45, 7) is 1.94. The molecular formula is C16H16O5. The van der Waals surface area contributed by atoms with Gasteiger partial charge in [-0.2, -0.15) is 0 Å². The van der Waals surface area contributed by atoms with E-state index < -0.39 is 11.9 Å². The van der Waals surface area contributed by atoms with Crippen molar-refractivity contribution in [2.45, 2.75) is 13.3 Å². The number of ether oxygens (including phenoxy) is 2. The number of carboxylic acids is 1. The molecule has 1 N–H and O–H groups in total. The molecule has 21 heavy (non-hydrogen) atoms. The van der Waals surface area contributed by atoms with E-state index in [-0.39, 0.29) is 13.0 Å². The average Bonchev–Trinajstić information content (AvgIpc) is 2.44. The number of fused-ring (bicyclic) bond motifs is 1. The molecule has 0 heterocycles. The molecule has 0 bridgehead atoms. The topological polar surface area (TPSA) is 72.8 Å². The van der Waals surface area contributed by atoms with E-state index in [0.717, 1.165) is 16.3 Å². The molecule has 0 aliphatic rings. The lowest BCUT2D eigenvalue weighted by molar-refractivity contribution is -0.145. The second-order valence-corrected chi connectivity index (χ2v) is 4.51. The second-order valence-electron chi connectivity index (χ2n) is 4.51. The predicted octanol–water partition coefficient (Wildman–Crippen LogP) is 2.41. The van der Waals surface area contributed by atoms with Gasteiger partial charge in [-0.1, -0.05) is 24.3 Å². The van der Waals surface area contributed by atoms with Gasteiger partial charge >= 0.3 is 11.9 Å². The number of carbonyl (C=O) groups is 2. The molecule has 0 aliphatic carbocycles. The minimum absolute atomic E-state index is 0.00293. The maximum atomic E-state index is 11.2. The van der Waals surface area contributed by atoms with E-state index in [1.54, 1.807) is 25.1 Å². The Balaban J connectivity index is 2.11. The van der Waals surface area contributed by atoms with Crippen LogP contribution in [-0.4, -0.2) is 30.3 Å². The second kappa shape index (κ2) is 6.74. The molecule has 110 valence electrons. The highest BCUT2D eigenvalue weighted by molar-refractivity contribution is 5.85. The van der Waals surface area contributed by atoms with Crippen LogP contribution in [0, 0.1) is 0 Å². The molecule has 0 saturated heterocycles. The van der Waals surface area contributed by atoms with Gasteiger partial charge in [0.15, 0.2) is 6.61 Å². The maximum absolute atomic E-state index is 11.2. The van der Waals surface area contributed by atoms with E-state index in [4.69, 9.17) is 14.6 Å². The lowest BCUT2D eigenvalue weighted by Gasteiger charge is -2.07. The predicted molar refractivity (Wildman–Crippen MR) is 77.4 cm³/mol. The molecule has 0 spiro atoms. The minimum atomic E-state index is -0.858. The van der Waals surface area contributed by atoms with Crippen molar-refractivity contribution in [1.82, 2.24) is 0 Å². The van der Waals surface area contributed by atoms with Crippen molar-refractivity contribution < 1.29 is 24.2 Å². The first-order chi connectivity index (χ1) is 10.1. The molecule has 0 aromatic heterocycles. The highest BCUT2D eigenvalue weighted by atomic mass is 16.6. The van der Waals surface area contributed by atoms with Crippen molar-refractivity contribution in [2.24, 2.45) is 0 Å². The summed E-state index contributed by atoms with van der Waals surface area (Å²) >= 11 is 0. The van der Waals surface area contributed by atoms with E-state index in [1.165, 1.54) is 0 Å². The van der Waals surface area contributed by atoms with E-state index >= 15 is 0 Å². The van der Waals surface area contributed by atoms with Crippen molar-refractivity contribution in [3.8, 4) is 5.75 Å². The molecule has 2 rings (SSSR count). The maximum Gasteiger partial charge on any atom is 0.344 e. The molecule has 0 aliphatic heterocycles. The van der Waals surface area contributed by atoms with Crippen molar-refractivity contribution >= 4 is 22.7 Å². The number of hydrogen-bond donors (Lipinski definition) is 1. The molecule has 0 saturated carbocycles. The quantitative estimate of drug-likeness (QED) is 0.826. The van der Waals surface area contributed by atoms with Gasteiger partial charge < -0.3 is 14.6 Å². The van der Waals surface area contributed by atoms with E-state index in [0.29, 0.717) is 12.4 Å². The number of benzene rings is 2. The third-order valence-electron chi connectivity index (χ3n) is 2.89. The fraction of sp³-hybridized carbons (Fsp3) is 0.250. The summed E-state index contributed by atoms with van der Waals surface area (Å²) < 4.78 is 10.1. The van der Waals surface area contributed by atoms with Crippen molar-refractivity contribution in [1.29, 1.82) is 0 Å². The zero-order chi connectivity index (χ0) is 15.2. The normalized spacial score (nSPS) is 10.3. The Hall–Kier alpha value is -2.56. The van der Waals surface area contributed by atoms with Crippen LogP contribution in [0.25, 0.3) is 10.8 Å². The summed E-state index contributed by atoms with van der Waals surface area (Å²) in [7, 11) is 0. The summed E-state index contributed by atoms with van der Waals surface area (Å²) in [6, 6.07) is 10.8. The summed E-state index contributed by atoms with van der Waals surface area (Å²) in [4.78, 5) is 21.9. The van der Waals surface area contributed by atoms with Gasteiger partial charge in [0.05, 0.1) is 13.0 Å². The van der Waals surface area contributed by atoms with Crippen LogP contribution in [0.3, 0.4) is 0 Å². The van der Waals surface area contributed by atoms with Crippen LogP contribution in [0.15, 0.2) is 36.4 Å². The van der Waals surface area contributed by atoms with Gasteiger partial charge in [-0.05, 0) is 35.4 Å². The number of carboxylic acid groups (broad SMARTS) is 1. The molecule has 0 radical (unpaired) electrons. The SMILES string of the molecule is CCOC(=O)COc1ccc2cc(CC(=O)O)ccc2c1. The first-order valence-electron chi connectivity index (χ1n) is 6.61. The standard InChI is InChI=1S/C16H16O5/c1-2-20-16(19)10-21-14-6-5-12-7-11(8-15(17)18)3-4-13(12)9-14/h3-7,9H,2,8,10H2,1H3,(H,17,18). The molecule has 2 aromatic rings. The lowest BCUT2D eigenvalue weighted by Crippen LogP contribution is -2.14. The molecule has 5 heteroatoms. The fourth-order valence-electron chi connectivity index (χ4n) is 1.99. The van der Waals surface area contributed by atoms with Gasteiger partial charge in [-0.3, -0.25) is 4.79 Å². The lowest BCUT2D eigenvalue weighted by atomic mass is 10.0. The van der Waals surface area contributed by atoms with Crippen LogP contribution in [0.5, 0.6) is 5.75 Å². The third kappa shape index (κ3) is 4.21. The Labute approximate surface area is 122 Å². The molecule has 5 nitrogen and oxygen atoms in total. The third-order valence-corrected chi connectivity index (χ3v) is 2.89. The van der Waals surface area contributed by atoms with Crippen LogP contribution in [0.2, 0.25) is 0 Å². The van der Waals surface area contributed by atoms with Gasteiger partial charge in [0.1, 0.15) is 5.75 Å². The van der Waals surface area contributed by atoms with E-state index in [2.05, 4.69) is 0 Å². The highest BCUT2D eigenvalue weighted by Crippen LogP contribution is 2.22. The smallest absolute Gasteiger partial charge is 0.344 e. The number of esters is 1. The number of carbonyl (C=O) groups excluding carboxylic acids is 1. The Morgan fingerprint density at radius 2 is 1.81 bits per heavy atom. The van der Waals surface area contributed by atoms with Gasteiger partial charge in [0.2, 0.25) is 0 Å². The molecule has 0 unspecified atom stereocenters. The largest absolute Gasteiger partial charge is 0.482 e. The molecular weight excluding hydrogens is 272 g/mol. The Kier molecular flexibility index (Phi) is 4.77. The fourth-order valence-corrected chi connectivity index (χ4v) is 1.99. The van der Waals surface area contributed by atoms with Gasteiger partial charge in [0.25, 0.3) is 0 Å². The monoisotopic (exact) mass is 288 g/mol. The summed E-state index contributed by atoms with van der Waals surface area (Å²) in [5, 5.41) is 10.6. The first kappa shape index (κ1) is 14.8. The first-order valence-corrected chi connectivity index (χ1v) is 6.61. The number of hydrogen-bond acceptors (Lipinski definition) is 4. The number of aliphatic carboxylic acids is 1. The Morgan fingerprint density at radius 1 is 1.10 bits per heavy atom. The number of rotatable bonds is 6. The van der Waals surface area contributed by atoms with Crippen LogP contribution in [0.1, 0.15) is 12.5 Å². The zero-order valence-electron chi connectivity index (χ0n) is 11.7. The van der Waals surface area contributed by atoms with E-state index in [1.807, 2.05) is 18.2 Å². The van der Waals surface area contributed by atoms with Gasteiger partial charge in [0, 0.05) is 0 Å². The van der Waals surface area contributed by atoms with Crippen LogP contribution in [-0.2, 0) is 20.7 Å². The molecule has 0 atom stereocenters. The minimum Gasteiger partial charge on any atom is -0.482 e. The van der Waals surface area contributed by atoms with Crippen molar-refractivity contribution in [2.75, 3.05) is 13.2 Å². The molecule has 2 aromatic carbocycles. The summed E-state index contributed by atoms with van der Waals surface area (Å²) in [6.07, 6.45) is -0.00293.